The molecule has 17 nitrogen and oxygen atoms in total. The summed E-state index contributed by atoms with van der Waals surface area (Å²) >= 11 is 0. The van der Waals surface area contributed by atoms with E-state index in [1.165, 1.54) is 19.2 Å². The number of methoxy groups -OCH3 is 1. The highest BCUT2D eigenvalue weighted by Gasteiger charge is 2.46. The second-order valence-electron chi connectivity index (χ2n) is 17.6. The Labute approximate surface area is 376 Å². The van der Waals surface area contributed by atoms with Crippen LogP contribution >= 0.6 is 0 Å². The zero-order chi connectivity index (χ0) is 46.5. The summed E-state index contributed by atoms with van der Waals surface area (Å²) in [6.45, 7) is 7.01. The van der Waals surface area contributed by atoms with Crippen LogP contribution in [0.2, 0.25) is 0 Å². The number of hydrogen-bond acceptors (Lipinski definition) is 12. The number of likely N-dealkylation sites (tertiary alicyclic amines) is 1. The topological polar surface area (TPSA) is 183 Å². The number of nitrogens with one attached hydrogen (secondary N) is 2. The van der Waals surface area contributed by atoms with Gasteiger partial charge in [-0.2, -0.15) is 18.3 Å². The highest BCUT2D eigenvalue weighted by Crippen LogP contribution is 2.43. The number of hydrogen-bond donors (Lipinski definition) is 2. The predicted molar refractivity (Wildman–Crippen MR) is 229 cm³/mol. The van der Waals surface area contributed by atoms with Gasteiger partial charge in [-0.3, -0.25) is 53.5 Å². The number of carbonyl (C=O) groups excluding carboxylic acids is 6. The zero-order valence-electron chi connectivity index (χ0n) is 36.2. The summed E-state index contributed by atoms with van der Waals surface area (Å²) in [6, 6.07) is 7.79. The Morgan fingerprint density at radius 3 is 2.24 bits per heavy atom. The SMILES string of the molecule is COc1cc2nn(CCN3CCN(CC(=O)N4CCC5(CC4)CCN(c4cc6c(cc4F)C(=O)N(C4CCC(=O)NC4=O)C6=O)CC5)CC3)cc2cc1NC(=O)c1cccc(C(F)(F)F)n1. The van der Waals surface area contributed by atoms with Gasteiger partial charge in [-0.05, 0) is 67.9 Å². The van der Waals surface area contributed by atoms with E-state index in [1.54, 1.807) is 16.8 Å². The number of alkyl halides is 3. The molecule has 5 aliphatic heterocycles. The Hall–Kier alpha value is -6.48. The number of aromatic nitrogens is 3. The van der Waals surface area contributed by atoms with Crippen LogP contribution in [0.5, 0.6) is 5.75 Å². The van der Waals surface area contributed by atoms with Crippen LogP contribution in [-0.4, -0.2) is 148 Å². The summed E-state index contributed by atoms with van der Waals surface area (Å²) in [5.74, 6) is -3.66. The van der Waals surface area contributed by atoms with E-state index in [2.05, 4.69) is 30.5 Å². The number of pyridine rings is 1. The normalized spacial score (nSPS) is 20.6. The smallest absolute Gasteiger partial charge is 0.433 e. The van der Waals surface area contributed by atoms with E-state index in [4.69, 9.17) is 4.74 Å². The van der Waals surface area contributed by atoms with Crippen LogP contribution in [0.15, 0.2) is 48.7 Å². The lowest BCUT2D eigenvalue weighted by Crippen LogP contribution is -2.54. The first-order chi connectivity index (χ1) is 31.6. The number of fused-ring (bicyclic) bond motifs is 2. The van der Waals surface area contributed by atoms with E-state index in [0.29, 0.717) is 62.5 Å². The molecular formula is C45H48F4N10O7. The Morgan fingerprint density at radius 2 is 1.56 bits per heavy atom. The van der Waals surface area contributed by atoms with Gasteiger partial charge in [-0.1, -0.05) is 6.07 Å². The average molecular weight is 917 g/mol. The maximum Gasteiger partial charge on any atom is 0.433 e. The molecule has 0 bridgehead atoms. The molecule has 7 heterocycles. The Morgan fingerprint density at radius 1 is 0.879 bits per heavy atom. The third-order valence-electron chi connectivity index (χ3n) is 13.7. The molecule has 5 aliphatic rings. The van der Waals surface area contributed by atoms with E-state index in [-0.39, 0.29) is 52.4 Å². The summed E-state index contributed by atoms with van der Waals surface area (Å²) in [5.41, 5.74) is -0.471. The lowest BCUT2D eigenvalue weighted by Gasteiger charge is -2.47. The van der Waals surface area contributed by atoms with Crippen molar-refractivity contribution in [3.05, 3.63) is 77.0 Å². The van der Waals surface area contributed by atoms with Crippen LogP contribution < -0.4 is 20.3 Å². The number of piperazine rings is 1. The van der Waals surface area contributed by atoms with Crippen molar-refractivity contribution in [2.45, 2.75) is 57.3 Å². The van der Waals surface area contributed by atoms with Crippen molar-refractivity contribution in [3.63, 3.8) is 0 Å². The standard InChI is InChI=1S/C45H48F4N10O7/c1-66-36-24-32-27(21-33(36)51-40(62)31-3-2-4-37(50-31)45(47,48)49)25-58(53-32)20-19-54-15-17-55(18-16-54)26-39(61)57-13-9-44(10-14-57)7-11-56(12-8-44)35-23-29-28(22-30(35)46)42(64)59(43(29)65)34-5-6-38(60)52-41(34)63/h2-4,21-25,34H,5-20,26H2,1H3,(H,51,62)(H,52,60,63). The van der Waals surface area contributed by atoms with Gasteiger partial charge in [0.2, 0.25) is 17.7 Å². The second kappa shape index (κ2) is 17.7. The summed E-state index contributed by atoms with van der Waals surface area (Å²) < 4.78 is 62.3. The fraction of sp³-hybridized carbons (Fsp3) is 0.467. The maximum atomic E-state index is 15.6. The van der Waals surface area contributed by atoms with Crippen LogP contribution in [0.1, 0.15) is 75.4 Å². The molecule has 4 aromatic rings. The van der Waals surface area contributed by atoms with E-state index in [9.17, 15) is 41.9 Å². The van der Waals surface area contributed by atoms with Crippen molar-refractivity contribution in [2.75, 3.05) is 82.8 Å². The van der Waals surface area contributed by atoms with Gasteiger partial charge in [0.1, 0.15) is 29.0 Å². The van der Waals surface area contributed by atoms with Crippen LogP contribution in [0.25, 0.3) is 10.9 Å². The van der Waals surface area contributed by atoms with Gasteiger partial charge in [0.05, 0.1) is 48.2 Å². The second-order valence-corrected chi connectivity index (χ2v) is 17.6. The Balaban J connectivity index is 0.717. The van der Waals surface area contributed by atoms with Crippen molar-refractivity contribution in [2.24, 2.45) is 5.41 Å². The largest absolute Gasteiger partial charge is 0.494 e. The van der Waals surface area contributed by atoms with Crippen LogP contribution in [0, 0.1) is 11.2 Å². The zero-order valence-corrected chi connectivity index (χ0v) is 36.2. The number of halogens is 4. The third kappa shape index (κ3) is 8.92. The average Bonchev–Trinajstić information content (AvgIpc) is 3.81. The van der Waals surface area contributed by atoms with Crippen molar-refractivity contribution < 1.29 is 51.1 Å². The molecule has 348 valence electrons. The number of benzene rings is 2. The monoisotopic (exact) mass is 916 g/mol. The van der Waals surface area contributed by atoms with Crippen molar-refractivity contribution in [1.82, 2.24) is 39.7 Å². The molecule has 21 heteroatoms. The first-order valence-electron chi connectivity index (χ1n) is 22.0. The molecule has 4 fully saturated rings. The molecule has 66 heavy (non-hydrogen) atoms. The van der Waals surface area contributed by atoms with Gasteiger partial charge in [-0.15, -0.1) is 0 Å². The lowest BCUT2D eigenvalue weighted by molar-refractivity contribution is -0.141. The van der Waals surface area contributed by atoms with Crippen molar-refractivity contribution in [3.8, 4) is 5.75 Å². The molecule has 2 aromatic heterocycles. The highest BCUT2D eigenvalue weighted by atomic mass is 19.4. The molecule has 0 saturated carbocycles. The summed E-state index contributed by atoms with van der Waals surface area (Å²) in [4.78, 5) is 89.6. The first kappa shape index (κ1) is 44.7. The van der Waals surface area contributed by atoms with E-state index >= 15 is 4.39 Å². The van der Waals surface area contributed by atoms with Crippen LogP contribution in [0.3, 0.4) is 0 Å². The van der Waals surface area contributed by atoms with Crippen LogP contribution in [-0.2, 0) is 27.1 Å². The van der Waals surface area contributed by atoms with Gasteiger partial charge in [0.25, 0.3) is 17.7 Å². The fourth-order valence-corrected chi connectivity index (χ4v) is 9.77. The number of ether oxygens (including phenoxy) is 1. The molecule has 4 saturated heterocycles. The van der Waals surface area contributed by atoms with Crippen LogP contribution in [0.4, 0.5) is 28.9 Å². The molecular weight excluding hydrogens is 869 g/mol. The molecule has 1 atom stereocenters. The number of rotatable bonds is 10. The Kier molecular flexibility index (Phi) is 12.0. The molecule has 2 aromatic carbocycles. The summed E-state index contributed by atoms with van der Waals surface area (Å²) in [7, 11) is 1.42. The van der Waals surface area contributed by atoms with Gasteiger partial charge in [0.15, 0.2) is 0 Å². The van der Waals surface area contributed by atoms with E-state index < -0.39 is 53.3 Å². The number of anilines is 2. The van der Waals surface area contributed by atoms with Crippen molar-refractivity contribution >= 4 is 57.7 Å². The van der Waals surface area contributed by atoms with Gasteiger partial charge >= 0.3 is 6.18 Å². The quantitative estimate of drug-likeness (QED) is 0.174. The molecule has 9 rings (SSSR count). The summed E-state index contributed by atoms with van der Waals surface area (Å²) in [5, 5.41) is 10.1. The minimum atomic E-state index is -4.69. The summed E-state index contributed by atoms with van der Waals surface area (Å²) in [6.07, 6.45) is 0.398. The number of piperidine rings is 3. The fourth-order valence-electron chi connectivity index (χ4n) is 9.77. The number of amides is 6. The van der Waals surface area contributed by atoms with Gasteiger partial charge in [-0.25, -0.2) is 9.37 Å². The lowest BCUT2D eigenvalue weighted by atomic mass is 9.71. The van der Waals surface area contributed by atoms with E-state index in [0.717, 1.165) is 75.0 Å². The highest BCUT2D eigenvalue weighted by molar-refractivity contribution is 6.23. The minimum Gasteiger partial charge on any atom is -0.494 e. The first-order valence-corrected chi connectivity index (χ1v) is 22.0. The molecule has 0 aliphatic carbocycles. The predicted octanol–water partition coefficient (Wildman–Crippen LogP) is 3.78. The van der Waals surface area contributed by atoms with Crippen molar-refractivity contribution in [1.29, 1.82) is 0 Å². The van der Waals surface area contributed by atoms with Gasteiger partial charge in [0, 0.05) is 83.0 Å². The molecule has 2 N–H and O–H groups in total. The molecule has 0 radical (unpaired) electrons. The molecule has 1 unspecified atom stereocenters. The Bertz CT molecular complexity index is 2610. The maximum absolute atomic E-state index is 15.6. The minimum absolute atomic E-state index is 0.00533. The third-order valence-corrected chi connectivity index (χ3v) is 13.7. The van der Waals surface area contributed by atoms with E-state index in [1.807, 2.05) is 16.0 Å². The molecule has 6 amide bonds. The number of carbonyl (C=O) groups is 6. The number of nitrogens with zero attached hydrogens (tertiary/aromatic N) is 8. The number of imide groups is 2. The van der Waals surface area contributed by atoms with Gasteiger partial charge < -0.3 is 19.9 Å². The molecule has 1 spiro atoms.